The lowest BCUT2D eigenvalue weighted by molar-refractivity contribution is -0.742. The molecule has 6 heteroatoms. The van der Waals surface area contributed by atoms with Crippen molar-refractivity contribution in [3.63, 3.8) is 0 Å². The van der Waals surface area contributed by atoms with Crippen molar-refractivity contribution in [3.05, 3.63) is 35.3 Å². The van der Waals surface area contributed by atoms with Crippen molar-refractivity contribution in [1.82, 2.24) is 9.80 Å². The summed E-state index contributed by atoms with van der Waals surface area (Å²) >= 11 is 0. The minimum absolute atomic E-state index is 0.934. The predicted octanol–water partition coefficient (Wildman–Crippen LogP) is 0.458. The van der Waals surface area contributed by atoms with E-state index < -0.39 is 5.09 Å². The molecule has 68 valence electrons. The van der Waals surface area contributed by atoms with Crippen LogP contribution in [0.4, 0.5) is 0 Å². The van der Waals surface area contributed by atoms with Crippen LogP contribution in [0.25, 0.3) is 0 Å². The van der Waals surface area contributed by atoms with E-state index in [1.165, 1.54) is 0 Å². The van der Waals surface area contributed by atoms with Crippen LogP contribution in [0, 0.1) is 10.1 Å². The third-order valence-corrected chi connectivity index (χ3v) is 1.13. The van der Waals surface area contributed by atoms with Crippen LogP contribution in [0.1, 0.15) is 0 Å². The van der Waals surface area contributed by atoms with Gasteiger partial charge >= 0.3 is 0 Å². The lowest BCUT2D eigenvalue weighted by atomic mass is 10.8. The molecule has 0 unspecified atom stereocenters. The second-order valence-electron chi connectivity index (χ2n) is 2.13. The van der Waals surface area contributed by atoms with Crippen LogP contribution in [-0.2, 0) is 0 Å². The normalized spacial score (nSPS) is 13.8. The van der Waals surface area contributed by atoms with Crippen LogP contribution >= 0.6 is 0 Å². The summed E-state index contributed by atoms with van der Waals surface area (Å²) in [6.45, 7) is 4.56. The number of hydrogen-bond acceptors (Lipinski definition) is 4. The van der Waals surface area contributed by atoms with E-state index in [1.807, 2.05) is 24.3 Å². The van der Waals surface area contributed by atoms with Gasteiger partial charge in [-0.15, -0.1) is 10.1 Å². The van der Waals surface area contributed by atoms with E-state index in [9.17, 15) is 0 Å². The molecule has 0 radical (unpaired) electrons. The summed E-state index contributed by atoms with van der Waals surface area (Å²) in [6.07, 6.45) is 5.81. The van der Waals surface area contributed by atoms with Crippen molar-refractivity contribution >= 4 is 0 Å². The molecule has 0 spiro atoms. The highest BCUT2D eigenvalue weighted by molar-refractivity contribution is 4.93. The van der Waals surface area contributed by atoms with Gasteiger partial charge in [0.15, 0.2) is 0 Å². The van der Waals surface area contributed by atoms with Crippen molar-refractivity contribution in [1.29, 1.82) is 0 Å². The number of nitrogens with zero attached hydrogens (tertiary/aromatic N) is 3. The maximum atomic E-state index is 8.36. The standard InChI is InChI=1S/C6H10N2.HNO3/c1-3-8-5-4-7(2)6-8;2-1(3)4/h3-5H,1,6H2,2H3;(H,2,3,4). The van der Waals surface area contributed by atoms with Gasteiger partial charge in [-0.05, 0) is 6.20 Å². The minimum Gasteiger partial charge on any atom is -0.361 e. The van der Waals surface area contributed by atoms with Gasteiger partial charge in [0.05, 0.1) is 6.67 Å². The van der Waals surface area contributed by atoms with Gasteiger partial charge in [0.25, 0.3) is 5.09 Å². The molecule has 0 bridgehead atoms. The zero-order chi connectivity index (χ0) is 9.56. The molecule has 1 N–H and O–H groups in total. The Balaban J connectivity index is 0.000000261. The minimum atomic E-state index is -1.50. The highest BCUT2D eigenvalue weighted by atomic mass is 16.9. The summed E-state index contributed by atoms with van der Waals surface area (Å²) in [5.41, 5.74) is 0. The fourth-order valence-electron chi connectivity index (χ4n) is 0.670. The SMILES string of the molecule is C=CN1C=CN(C)C1.O=[N+]([O-])O. The van der Waals surface area contributed by atoms with Crippen LogP contribution in [0.2, 0.25) is 0 Å². The van der Waals surface area contributed by atoms with E-state index >= 15 is 0 Å². The van der Waals surface area contributed by atoms with Gasteiger partial charge in [-0.1, -0.05) is 6.58 Å². The van der Waals surface area contributed by atoms with E-state index in [1.54, 1.807) is 6.20 Å². The molecule has 1 aliphatic rings. The van der Waals surface area contributed by atoms with Crippen LogP contribution in [0.3, 0.4) is 0 Å². The Morgan fingerprint density at radius 3 is 2.42 bits per heavy atom. The van der Waals surface area contributed by atoms with Gasteiger partial charge in [0.2, 0.25) is 0 Å². The fraction of sp³-hybridized carbons (Fsp3) is 0.333. The first kappa shape index (κ1) is 10.3. The third kappa shape index (κ3) is 5.10. The van der Waals surface area contributed by atoms with Gasteiger partial charge < -0.3 is 15.0 Å². The molecule has 1 heterocycles. The molecule has 1 rings (SSSR count). The summed E-state index contributed by atoms with van der Waals surface area (Å²) in [5.74, 6) is 0. The molecule has 1 aliphatic heterocycles. The Hall–Kier alpha value is -1.72. The Kier molecular flexibility index (Phi) is 4.28. The molecule has 0 aromatic rings. The maximum absolute atomic E-state index is 8.36. The van der Waals surface area contributed by atoms with Gasteiger partial charge in [-0.25, -0.2) is 0 Å². The van der Waals surface area contributed by atoms with Crippen LogP contribution in [-0.4, -0.2) is 33.8 Å². The first-order valence-corrected chi connectivity index (χ1v) is 3.16. The lowest BCUT2D eigenvalue weighted by Crippen LogP contribution is -2.16. The molecule has 0 fully saturated rings. The topological polar surface area (TPSA) is 69.9 Å². The van der Waals surface area contributed by atoms with Gasteiger partial charge in [-0.2, -0.15) is 0 Å². The molecule has 12 heavy (non-hydrogen) atoms. The number of hydrogen-bond donors (Lipinski definition) is 1. The zero-order valence-corrected chi connectivity index (χ0v) is 6.75. The molecular formula is C6H11N3O3. The molecule has 0 aliphatic carbocycles. The second-order valence-corrected chi connectivity index (χ2v) is 2.13. The average molecular weight is 173 g/mol. The van der Waals surface area contributed by atoms with E-state index in [4.69, 9.17) is 15.3 Å². The maximum Gasteiger partial charge on any atom is 0.291 e. The van der Waals surface area contributed by atoms with Crippen molar-refractivity contribution in [3.8, 4) is 0 Å². The zero-order valence-electron chi connectivity index (χ0n) is 6.75. The third-order valence-electron chi connectivity index (χ3n) is 1.13. The Bertz CT molecular complexity index is 188. The summed E-state index contributed by atoms with van der Waals surface area (Å²) in [4.78, 5) is 12.5. The molecule has 0 atom stereocenters. The molecule has 0 saturated heterocycles. The summed E-state index contributed by atoms with van der Waals surface area (Å²) in [6, 6.07) is 0. The molecular weight excluding hydrogens is 162 g/mol. The second kappa shape index (κ2) is 5.00. The van der Waals surface area contributed by atoms with Gasteiger partial charge in [-0.3, -0.25) is 0 Å². The first-order chi connectivity index (χ1) is 5.56. The van der Waals surface area contributed by atoms with Crippen molar-refractivity contribution in [2.45, 2.75) is 0 Å². The molecule has 0 amide bonds. The first-order valence-electron chi connectivity index (χ1n) is 3.16. The largest absolute Gasteiger partial charge is 0.361 e. The van der Waals surface area contributed by atoms with Gasteiger partial charge in [0, 0.05) is 19.4 Å². The monoisotopic (exact) mass is 173 g/mol. The van der Waals surface area contributed by atoms with E-state index in [2.05, 4.69) is 11.5 Å². The summed E-state index contributed by atoms with van der Waals surface area (Å²) in [5, 5.41) is 13.6. The van der Waals surface area contributed by atoms with E-state index in [0.29, 0.717) is 0 Å². The number of rotatable bonds is 1. The fourth-order valence-corrected chi connectivity index (χ4v) is 0.670. The quantitative estimate of drug-likeness (QED) is 0.460. The molecule has 6 nitrogen and oxygen atoms in total. The average Bonchev–Trinajstić information content (AvgIpc) is 2.34. The highest BCUT2D eigenvalue weighted by Crippen LogP contribution is 2.01. The van der Waals surface area contributed by atoms with Crippen molar-refractivity contribution < 1.29 is 10.3 Å². The molecule has 0 aromatic carbocycles. The van der Waals surface area contributed by atoms with Crippen molar-refractivity contribution in [2.75, 3.05) is 13.7 Å². The smallest absolute Gasteiger partial charge is 0.291 e. The summed E-state index contributed by atoms with van der Waals surface area (Å²) < 4.78 is 0. The Morgan fingerprint density at radius 2 is 2.25 bits per heavy atom. The Morgan fingerprint density at radius 1 is 1.75 bits per heavy atom. The molecule has 0 aromatic heterocycles. The van der Waals surface area contributed by atoms with Crippen molar-refractivity contribution in [2.24, 2.45) is 0 Å². The lowest BCUT2D eigenvalue weighted by Gasteiger charge is -2.11. The van der Waals surface area contributed by atoms with Gasteiger partial charge in [0.1, 0.15) is 0 Å². The highest BCUT2D eigenvalue weighted by Gasteiger charge is 2.01. The molecule has 0 saturated carbocycles. The van der Waals surface area contributed by atoms with Crippen LogP contribution in [0.15, 0.2) is 25.2 Å². The van der Waals surface area contributed by atoms with E-state index in [-0.39, 0.29) is 0 Å². The Labute approximate surface area is 70.1 Å². The summed E-state index contributed by atoms with van der Waals surface area (Å²) in [7, 11) is 2.03. The van der Waals surface area contributed by atoms with Crippen LogP contribution < -0.4 is 0 Å². The van der Waals surface area contributed by atoms with E-state index in [0.717, 1.165) is 6.67 Å². The van der Waals surface area contributed by atoms with Crippen LogP contribution in [0.5, 0.6) is 0 Å². The predicted molar refractivity (Wildman–Crippen MR) is 42.6 cm³/mol.